The summed E-state index contributed by atoms with van der Waals surface area (Å²) in [7, 11) is 1.32. The zero-order valence-electron chi connectivity index (χ0n) is 11.1. The van der Waals surface area contributed by atoms with Crippen LogP contribution in [0.3, 0.4) is 0 Å². The molecule has 116 valence electrons. The molecule has 0 radical (unpaired) electrons. The molecule has 2 rings (SSSR count). The van der Waals surface area contributed by atoms with Crippen LogP contribution in [0.25, 0.3) is 11.4 Å². The van der Waals surface area contributed by atoms with Crippen LogP contribution in [0, 0.1) is 0 Å². The van der Waals surface area contributed by atoms with Crippen molar-refractivity contribution in [2.45, 2.75) is 6.18 Å². The number of oxime groups is 1. The van der Waals surface area contributed by atoms with Gasteiger partial charge in [0.15, 0.2) is 0 Å². The molecule has 0 spiro atoms. The number of nitrogens with zero attached hydrogens (tertiary/aromatic N) is 3. The van der Waals surface area contributed by atoms with Crippen molar-refractivity contribution >= 4 is 12.2 Å². The molecule has 1 heterocycles. The fraction of sp³-hybridized carbons (Fsp3) is 0.167. The molecule has 0 atom stereocenters. The molecule has 1 amide bonds. The molecule has 0 aliphatic rings. The van der Waals surface area contributed by atoms with Gasteiger partial charge in [-0.25, -0.2) is 0 Å². The van der Waals surface area contributed by atoms with Gasteiger partial charge in [-0.1, -0.05) is 22.4 Å². The van der Waals surface area contributed by atoms with E-state index in [1.54, 1.807) is 0 Å². The van der Waals surface area contributed by atoms with E-state index >= 15 is 0 Å². The van der Waals surface area contributed by atoms with Crippen LogP contribution < -0.4 is 5.32 Å². The number of benzene rings is 1. The fourth-order valence-electron chi connectivity index (χ4n) is 1.45. The van der Waals surface area contributed by atoms with Crippen molar-refractivity contribution < 1.29 is 27.3 Å². The van der Waals surface area contributed by atoms with Crippen LogP contribution in [0.2, 0.25) is 0 Å². The van der Waals surface area contributed by atoms with Crippen LogP contribution in [-0.4, -0.2) is 29.5 Å². The first kappa shape index (κ1) is 15.5. The van der Waals surface area contributed by atoms with Crippen molar-refractivity contribution in [3.63, 3.8) is 0 Å². The van der Waals surface area contributed by atoms with Crippen LogP contribution in [0.15, 0.2) is 33.9 Å². The zero-order chi connectivity index (χ0) is 16.2. The summed E-state index contributed by atoms with van der Waals surface area (Å²) in [6, 6.07) is 5.59. The number of carbonyl (C=O) groups is 1. The van der Waals surface area contributed by atoms with Crippen LogP contribution in [-0.2, 0) is 11.0 Å². The van der Waals surface area contributed by atoms with Crippen molar-refractivity contribution in [3.8, 4) is 11.4 Å². The van der Waals surface area contributed by atoms with E-state index in [2.05, 4.69) is 30.0 Å². The molecule has 2 aromatic rings. The lowest BCUT2D eigenvalue weighted by atomic mass is 10.1. The summed E-state index contributed by atoms with van der Waals surface area (Å²) < 4.78 is 41.2. The first-order valence-electron chi connectivity index (χ1n) is 5.79. The molecule has 7 nitrogen and oxygen atoms in total. The Morgan fingerprint density at radius 3 is 2.59 bits per heavy atom. The minimum atomic E-state index is -4.70. The minimum absolute atomic E-state index is 0.222. The van der Waals surface area contributed by atoms with Gasteiger partial charge in [0.05, 0.1) is 0 Å². The van der Waals surface area contributed by atoms with Gasteiger partial charge in [-0.15, -0.1) is 0 Å². The minimum Gasteiger partial charge on any atom is -0.398 e. The molecule has 1 aromatic carbocycles. The molecule has 22 heavy (non-hydrogen) atoms. The Morgan fingerprint density at radius 1 is 1.36 bits per heavy atom. The average molecular weight is 314 g/mol. The average Bonchev–Trinajstić information content (AvgIpc) is 2.97. The van der Waals surface area contributed by atoms with Gasteiger partial charge in [0, 0.05) is 11.1 Å². The molecule has 0 aliphatic heterocycles. The highest BCUT2D eigenvalue weighted by molar-refractivity contribution is 6.00. The Kier molecular flexibility index (Phi) is 4.39. The van der Waals surface area contributed by atoms with Crippen LogP contribution in [0.1, 0.15) is 16.2 Å². The second-order valence-corrected chi connectivity index (χ2v) is 3.89. The quantitative estimate of drug-likeness (QED) is 0.530. The van der Waals surface area contributed by atoms with Gasteiger partial charge in [0.25, 0.3) is 5.91 Å². The number of hydrogen-bond acceptors (Lipinski definition) is 6. The monoisotopic (exact) mass is 314 g/mol. The topological polar surface area (TPSA) is 89.6 Å². The lowest BCUT2D eigenvalue weighted by molar-refractivity contribution is -0.159. The highest BCUT2D eigenvalue weighted by atomic mass is 19.4. The first-order chi connectivity index (χ1) is 10.4. The van der Waals surface area contributed by atoms with E-state index in [1.807, 2.05) is 0 Å². The highest BCUT2D eigenvalue weighted by Gasteiger charge is 2.38. The van der Waals surface area contributed by atoms with Gasteiger partial charge < -0.3 is 14.7 Å². The van der Waals surface area contributed by atoms with E-state index in [-0.39, 0.29) is 17.0 Å². The van der Waals surface area contributed by atoms with Gasteiger partial charge in [0.2, 0.25) is 5.82 Å². The fourth-order valence-corrected chi connectivity index (χ4v) is 1.45. The summed E-state index contributed by atoms with van der Waals surface area (Å²) >= 11 is 0. The molecule has 1 aromatic heterocycles. The molecular weight excluding hydrogens is 305 g/mol. The normalized spacial score (nSPS) is 11.6. The number of carbonyl (C=O) groups excluding carboxylic acids is 1. The number of aromatic nitrogens is 2. The molecule has 0 saturated heterocycles. The summed E-state index contributed by atoms with van der Waals surface area (Å²) in [5.41, 5.74) is 0.548. The van der Waals surface area contributed by atoms with Gasteiger partial charge in [-0.05, 0) is 12.1 Å². The highest BCUT2D eigenvalue weighted by Crippen LogP contribution is 2.29. The number of amides is 1. The largest absolute Gasteiger partial charge is 0.471 e. The van der Waals surface area contributed by atoms with Crippen molar-refractivity contribution in [2.75, 3.05) is 7.11 Å². The summed E-state index contributed by atoms with van der Waals surface area (Å²) in [5.74, 6) is -2.11. The van der Waals surface area contributed by atoms with E-state index in [9.17, 15) is 18.0 Å². The Labute approximate surface area is 121 Å². The lowest BCUT2D eigenvalue weighted by Crippen LogP contribution is -2.21. The van der Waals surface area contributed by atoms with Gasteiger partial charge >= 0.3 is 12.1 Å². The number of alkyl halides is 3. The van der Waals surface area contributed by atoms with E-state index in [0.717, 1.165) is 6.34 Å². The molecule has 0 fully saturated rings. The molecule has 0 aliphatic carbocycles. The Bertz CT molecular complexity index is 680. The van der Waals surface area contributed by atoms with Crippen LogP contribution in [0.4, 0.5) is 13.2 Å². The van der Waals surface area contributed by atoms with Gasteiger partial charge in [-0.2, -0.15) is 18.2 Å². The van der Waals surface area contributed by atoms with Gasteiger partial charge in [0.1, 0.15) is 13.4 Å². The van der Waals surface area contributed by atoms with Crippen molar-refractivity contribution in [1.82, 2.24) is 15.5 Å². The smallest absolute Gasteiger partial charge is 0.398 e. The third-order valence-corrected chi connectivity index (χ3v) is 2.43. The zero-order valence-corrected chi connectivity index (χ0v) is 11.1. The summed E-state index contributed by atoms with van der Waals surface area (Å²) in [4.78, 5) is 19.3. The third kappa shape index (κ3) is 3.59. The van der Waals surface area contributed by atoms with Crippen LogP contribution >= 0.6 is 0 Å². The van der Waals surface area contributed by atoms with Crippen molar-refractivity contribution in [2.24, 2.45) is 5.16 Å². The number of hydrogen-bond donors (Lipinski definition) is 1. The maximum absolute atomic E-state index is 12.4. The van der Waals surface area contributed by atoms with E-state index in [4.69, 9.17) is 0 Å². The molecule has 10 heteroatoms. The first-order valence-corrected chi connectivity index (χ1v) is 5.79. The van der Waals surface area contributed by atoms with E-state index in [0.29, 0.717) is 0 Å². The number of rotatable bonds is 4. The van der Waals surface area contributed by atoms with Gasteiger partial charge in [-0.3, -0.25) is 4.79 Å². The molecular formula is C12H9F3N4O3. The summed E-state index contributed by atoms with van der Waals surface area (Å²) in [5, 5.41) is 8.90. The SMILES string of the molecule is CON=CNC(=O)c1ccc(-c2noc(C(F)(F)F)n2)cc1. The molecule has 0 saturated carbocycles. The Hall–Kier alpha value is -2.91. The van der Waals surface area contributed by atoms with Crippen molar-refractivity contribution in [3.05, 3.63) is 35.7 Å². The third-order valence-electron chi connectivity index (χ3n) is 2.43. The van der Waals surface area contributed by atoms with E-state index in [1.165, 1.54) is 31.4 Å². The Balaban J connectivity index is 2.13. The van der Waals surface area contributed by atoms with E-state index < -0.39 is 18.0 Å². The maximum Gasteiger partial charge on any atom is 0.471 e. The predicted molar refractivity (Wildman–Crippen MR) is 67.7 cm³/mol. The lowest BCUT2D eigenvalue weighted by Gasteiger charge is -2.00. The summed E-state index contributed by atoms with van der Waals surface area (Å²) in [6.45, 7) is 0. The Morgan fingerprint density at radius 2 is 2.05 bits per heavy atom. The van der Waals surface area contributed by atoms with Crippen molar-refractivity contribution in [1.29, 1.82) is 0 Å². The maximum atomic E-state index is 12.4. The predicted octanol–water partition coefficient (Wildman–Crippen LogP) is 2.07. The van der Waals surface area contributed by atoms with Crippen LogP contribution in [0.5, 0.6) is 0 Å². The number of nitrogens with one attached hydrogen (secondary N) is 1. The summed E-state index contributed by atoms with van der Waals surface area (Å²) in [6.07, 6.45) is -3.64. The standard InChI is InChI=1S/C12H9F3N4O3/c1-21-17-6-16-10(20)8-4-2-7(3-5-8)9-18-11(22-19-9)12(13,14)15/h2-6H,1H3,(H,16,17,20). The second kappa shape index (κ2) is 6.24. The number of halogens is 3. The molecule has 0 bridgehead atoms. The molecule has 1 N–H and O–H groups in total. The molecule has 0 unspecified atom stereocenters. The second-order valence-electron chi connectivity index (χ2n) is 3.89.